The second-order valence-corrected chi connectivity index (χ2v) is 6.86. The van der Waals surface area contributed by atoms with E-state index in [4.69, 9.17) is 14.6 Å². The van der Waals surface area contributed by atoms with Crippen LogP contribution in [0, 0.1) is 0 Å². The van der Waals surface area contributed by atoms with Gasteiger partial charge >= 0.3 is 7.60 Å². The Balaban J connectivity index is 2.07. The second kappa shape index (κ2) is 5.16. The molecule has 0 radical (unpaired) electrons. The first-order chi connectivity index (χ1) is 9.95. The van der Waals surface area contributed by atoms with E-state index in [0.29, 0.717) is 12.2 Å². The predicted molar refractivity (Wildman–Crippen MR) is 77.4 cm³/mol. The largest absolute Gasteiger partial charge is 0.462 e. The number of nitrogen functional groups attached to an aromatic ring is 1. The van der Waals surface area contributed by atoms with Crippen molar-refractivity contribution in [2.75, 3.05) is 5.73 Å². The van der Waals surface area contributed by atoms with Crippen LogP contribution in [0.25, 0.3) is 11.5 Å². The summed E-state index contributed by atoms with van der Waals surface area (Å²) in [5.74, 6) is 0.384. The van der Waals surface area contributed by atoms with E-state index in [1.165, 1.54) is 23.7 Å². The summed E-state index contributed by atoms with van der Waals surface area (Å²) >= 11 is 1.53. The maximum atomic E-state index is 11.5. The number of nitrogens with two attached hydrogens (primary N) is 1. The molecule has 3 heterocycles. The molecule has 9 heteroatoms. The number of furan rings is 1. The average Bonchev–Trinajstić information content (AvgIpc) is 3.08. The standard InChI is InChI=1S/C12H11N2O5PS/c13-12-14-10(8(19-12)6-7-2-1-5-21-7)11-9(3-4-18-11)20(15,16)17/h1-5H,6H2,(H2,13,14)(H2,15,16,17). The first-order valence-corrected chi connectivity index (χ1v) is 8.36. The lowest BCUT2D eigenvalue weighted by Crippen LogP contribution is -2.05. The number of nitrogens with zero attached hydrogens (tertiary/aromatic N) is 1. The normalized spacial score (nSPS) is 11.9. The van der Waals surface area contributed by atoms with Crippen LogP contribution in [0.2, 0.25) is 0 Å². The summed E-state index contributed by atoms with van der Waals surface area (Å²) < 4.78 is 22.0. The summed E-state index contributed by atoms with van der Waals surface area (Å²) in [5.41, 5.74) is 5.78. The van der Waals surface area contributed by atoms with Gasteiger partial charge in [-0.05, 0) is 17.5 Å². The number of thiophene rings is 1. The molecule has 0 saturated carbocycles. The first kappa shape index (κ1) is 14.1. The van der Waals surface area contributed by atoms with Gasteiger partial charge in [0, 0.05) is 11.3 Å². The third kappa shape index (κ3) is 2.79. The van der Waals surface area contributed by atoms with Crippen molar-refractivity contribution >= 4 is 30.3 Å². The molecular weight excluding hydrogens is 315 g/mol. The summed E-state index contributed by atoms with van der Waals surface area (Å²) in [5, 5.41) is 1.69. The SMILES string of the molecule is Nc1nc(-c2occc2P(=O)(O)O)c(Cc2cccs2)o1. The smallest absolute Gasteiger partial charge is 0.360 e. The molecule has 0 bridgehead atoms. The topological polar surface area (TPSA) is 123 Å². The highest BCUT2D eigenvalue weighted by Gasteiger charge is 2.29. The van der Waals surface area contributed by atoms with E-state index < -0.39 is 7.60 Å². The van der Waals surface area contributed by atoms with Gasteiger partial charge in [-0.25, -0.2) is 0 Å². The Bertz CT molecular complexity index is 802. The van der Waals surface area contributed by atoms with Gasteiger partial charge in [-0.3, -0.25) is 4.57 Å². The summed E-state index contributed by atoms with van der Waals surface area (Å²) in [7, 11) is -4.47. The molecule has 110 valence electrons. The van der Waals surface area contributed by atoms with Crippen LogP contribution in [0.15, 0.2) is 38.7 Å². The van der Waals surface area contributed by atoms with Gasteiger partial charge in [0.2, 0.25) is 0 Å². The molecule has 0 spiro atoms. The van der Waals surface area contributed by atoms with E-state index in [9.17, 15) is 14.4 Å². The maximum absolute atomic E-state index is 11.5. The van der Waals surface area contributed by atoms with Crippen LogP contribution in [0.1, 0.15) is 10.6 Å². The van der Waals surface area contributed by atoms with Gasteiger partial charge in [0.25, 0.3) is 6.01 Å². The van der Waals surface area contributed by atoms with Crippen molar-refractivity contribution < 1.29 is 23.2 Å². The van der Waals surface area contributed by atoms with Crippen molar-refractivity contribution in [3.63, 3.8) is 0 Å². The van der Waals surface area contributed by atoms with Crippen molar-refractivity contribution in [1.82, 2.24) is 4.98 Å². The van der Waals surface area contributed by atoms with Crippen LogP contribution in [-0.4, -0.2) is 14.8 Å². The van der Waals surface area contributed by atoms with E-state index in [0.717, 1.165) is 4.88 Å². The number of hydrogen-bond acceptors (Lipinski definition) is 6. The van der Waals surface area contributed by atoms with Crippen molar-refractivity contribution in [3.05, 3.63) is 40.5 Å². The zero-order valence-electron chi connectivity index (χ0n) is 10.6. The van der Waals surface area contributed by atoms with Crippen LogP contribution < -0.4 is 11.0 Å². The molecule has 3 rings (SSSR count). The molecule has 3 aromatic rings. The molecular formula is C12H11N2O5PS. The lowest BCUT2D eigenvalue weighted by molar-refractivity contribution is 0.387. The van der Waals surface area contributed by atoms with Crippen molar-refractivity contribution in [2.24, 2.45) is 0 Å². The van der Waals surface area contributed by atoms with Gasteiger partial charge in [0.1, 0.15) is 11.1 Å². The maximum Gasteiger partial charge on any atom is 0.360 e. The van der Waals surface area contributed by atoms with Crippen LogP contribution in [0.4, 0.5) is 6.01 Å². The van der Waals surface area contributed by atoms with Crippen LogP contribution in [0.5, 0.6) is 0 Å². The Labute approximate surface area is 123 Å². The van der Waals surface area contributed by atoms with Crippen LogP contribution in [-0.2, 0) is 11.0 Å². The van der Waals surface area contributed by atoms with Gasteiger partial charge < -0.3 is 24.4 Å². The molecule has 0 saturated heterocycles. The first-order valence-electron chi connectivity index (χ1n) is 5.86. The van der Waals surface area contributed by atoms with E-state index in [2.05, 4.69) is 4.98 Å². The highest BCUT2D eigenvalue weighted by Crippen LogP contribution is 2.39. The van der Waals surface area contributed by atoms with Gasteiger partial charge in [-0.15, -0.1) is 11.3 Å². The zero-order chi connectivity index (χ0) is 15.0. The Morgan fingerprint density at radius 3 is 2.86 bits per heavy atom. The molecule has 0 fully saturated rings. The molecule has 0 aromatic carbocycles. The van der Waals surface area contributed by atoms with Crippen molar-refractivity contribution in [3.8, 4) is 11.5 Å². The summed E-state index contributed by atoms with van der Waals surface area (Å²) in [6.07, 6.45) is 1.61. The molecule has 0 amide bonds. The molecule has 0 unspecified atom stereocenters. The number of aromatic nitrogens is 1. The second-order valence-electron chi connectivity index (χ2n) is 4.26. The van der Waals surface area contributed by atoms with E-state index in [1.54, 1.807) is 0 Å². The minimum absolute atomic E-state index is 0.0182. The molecule has 4 N–H and O–H groups in total. The Morgan fingerprint density at radius 2 is 2.19 bits per heavy atom. The Hall–Kier alpha value is -1.86. The molecule has 0 aliphatic rings. The molecule has 21 heavy (non-hydrogen) atoms. The number of oxazole rings is 1. The molecule has 0 aliphatic carbocycles. The van der Waals surface area contributed by atoms with Crippen LogP contribution in [0.3, 0.4) is 0 Å². The third-order valence-corrected chi connectivity index (χ3v) is 4.66. The highest BCUT2D eigenvalue weighted by atomic mass is 32.1. The number of anilines is 1. The summed E-state index contributed by atoms with van der Waals surface area (Å²) in [6.45, 7) is 0. The monoisotopic (exact) mass is 326 g/mol. The number of rotatable bonds is 4. The lowest BCUT2D eigenvalue weighted by atomic mass is 10.2. The summed E-state index contributed by atoms with van der Waals surface area (Å²) in [4.78, 5) is 23.7. The zero-order valence-corrected chi connectivity index (χ0v) is 12.3. The van der Waals surface area contributed by atoms with Crippen molar-refractivity contribution in [1.29, 1.82) is 0 Å². The fraction of sp³-hybridized carbons (Fsp3) is 0.0833. The van der Waals surface area contributed by atoms with Gasteiger partial charge in [0.15, 0.2) is 11.5 Å². The minimum Gasteiger partial charge on any atom is -0.462 e. The van der Waals surface area contributed by atoms with Crippen molar-refractivity contribution in [2.45, 2.75) is 6.42 Å². The fourth-order valence-electron chi connectivity index (χ4n) is 1.95. The Morgan fingerprint density at radius 1 is 1.38 bits per heavy atom. The highest BCUT2D eigenvalue weighted by molar-refractivity contribution is 7.60. The molecule has 7 nitrogen and oxygen atoms in total. The molecule has 0 atom stereocenters. The summed E-state index contributed by atoms with van der Waals surface area (Å²) in [6, 6.07) is 4.95. The van der Waals surface area contributed by atoms with Gasteiger partial charge in [0.05, 0.1) is 6.26 Å². The number of hydrogen-bond donors (Lipinski definition) is 3. The quantitative estimate of drug-likeness (QED) is 0.626. The van der Waals surface area contributed by atoms with E-state index in [1.807, 2.05) is 17.5 Å². The van der Waals surface area contributed by atoms with Crippen LogP contribution >= 0.6 is 18.9 Å². The lowest BCUT2D eigenvalue weighted by Gasteiger charge is -2.03. The average molecular weight is 326 g/mol. The third-order valence-electron chi connectivity index (χ3n) is 2.80. The predicted octanol–water partition coefficient (Wildman–Crippen LogP) is 1.97. The van der Waals surface area contributed by atoms with E-state index >= 15 is 0 Å². The Kier molecular flexibility index (Phi) is 3.46. The molecule has 0 aliphatic heterocycles. The molecule has 3 aromatic heterocycles. The minimum atomic E-state index is -4.47. The van der Waals surface area contributed by atoms with Gasteiger partial charge in [-0.2, -0.15) is 4.98 Å². The van der Waals surface area contributed by atoms with E-state index in [-0.39, 0.29) is 22.8 Å². The fourth-order valence-corrected chi connectivity index (χ4v) is 3.33. The van der Waals surface area contributed by atoms with Gasteiger partial charge in [-0.1, -0.05) is 6.07 Å².